The molecule has 2 N–H and O–H groups in total. The van der Waals surface area contributed by atoms with Gasteiger partial charge in [0.25, 0.3) is 0 Å². The summed E-state index contributed by atoms with van der Waals surface area (Å²) in [5.41, 5.74) is 1.88. The summed E-state index contributed by atoms with van der Waals surface area (Å²) in [6.07, 6.45) is 0.799. The molecule has 0 aliphatic rings. The van der Waals surface area contributed by atoms with Crippen molar-refractivity contribution in [2.45, 2.75) is 31.5 Å². The third-order valence-electron chi connectivity index (χ3n) is 5.31. The second-order valence-corrected chi connectivity index (χ2v) is 8.42. The third-order valence-corrected chi connectivity index (χ3v) is 5.31. The normalized spacial score (nSPS) is 12.7. The molecule has 7 heteroatoms. The van der Waals surface area contributed by atoms with Crippen LogP contribution in [0.25, 0.3) is 0 Å². The molecule has 0 amide bonds. The highest BCUT2D eigenvalue weighted by Crippen LogP contribution is 2.33. The number of esters is 1. The second kappa shape index (κ2) is 13.4. The number of carbonyl (C=O) groups is 1. The van der Waals surface area contributed by atoms with Crippen LogP contribution in [0.3, 0.4) is 0 Å². The second-order valence-electron chi connectivity index (χ2n) is 8.42. The Bertz CT molecular complexity index is 898. The van der Waals surface area contributed by atoms with Gasteiger partial charge < -0.3 is 29.2 Å². The van der Waals surface area contributed by atoms with Gasteiger partial charge in [-0.05, 0) is 41.5 Å². The lowest BCUT2D eigenvalue weighted by atomic mass is 9.78. The topological polar surface area (TPSA) is 94.5 Å². The Kier molecular flexibility index (Phi) is 10.6. The van der Waals surface area contributed by atoms with Crippen LogP contribution in [0.5, 0.6) is 11.5 Å². The van der Waals surface area contributed by atoms with Gasteiger partial charge in [0.2, 0.25) is 0 Å². The molecule has 0 aromatic heterocycles. The summed E-state index contributed by atoms with van der Waals surface area (Å²) in [5, 5.41) is 19.8. The molecule has 35 heavy (non-hydrogen) atoms. The van der Waals surface area contributed by atoms with E-state index in [2.05, 4.69) is 33.6 Å². The molecular formula is C28H34O7. The summed E-state index contributed by atoms with van der Waals surface area (Å²) in [6, 6.07) is 15.3. The molecule has 0 aliphatic carbocycles. The summed E-state index contributed by atoms with van der Waals surface area (Å²) in [4.78, 5) is 11.1. The van der Waals surface area contributed by atoms with Gasteiger partial charge in [0.1, 0.15) is 55.9 Å². The van der Waals surface area contributed by atoms with Crippen molar-refractivity contribution in [3.63, 3.8) is 0 Å². The molecule has 2 atom stereocenters. The molecule has 2 aromatic carbocycles. The standard InChI is InChI=1S/C28H34O7/c1-6-20(3)32-16-23(29)17-33-25-12-8-21(9-13-25)28(4,5)22-10-14-26(15-11-22)34-18-24(30)19-35-27(31)7-2/h6-15,23-24,29-30H,1-3,16-19H2,4-5H3. The van der Waals surface area contributed by atoms with E-state index < -0.39 is 18.2 Å². The molecule has 0 fully saturated rings. The predicted molar refractivity (Wildman–Crippen MR) is 134 cm³/mol. The SMILES string of the molecule is C=CC(=C)OCC(O)COc1ccc(C(C)(C)c2ccc(OCC(O)COC(=O)C=C)cc2)cc1. The highest BCUT2D eigenvalue weighted by atomic mass is 16.5. The maximum Gasteiger partial charge on any atom is 0.330 e. The van der Waals surface area contributed by atoms with E-state index >= 15 is 0 Å². The summed E-state index contributed by atoms with van der Waals surface area (Å²) in [7, 11) is 0. The van der Waals surface area contributed by atoms with Gasteiger partial charge in [-0.1, -0.05) is 57.8 Å². The van der Waals surface area contributed by atoms with Gasteiger partial charge in [0, 0.05) is 11.5 Å². The lowest BCUT2D eigenvalue weighted by molar-refractivity contribution is -0.141. The minimum Gasteiger partial charge on any atom is -0.491 e. The van der Waals surface area contributed by atoms with Gasteiger partial charge in [-0.25, -0.2) is 4.79 Å². The quantitative estimate of drug-likeness (QED) is 0.172. The van der Waals surface area contributed by atoms with E-state index in [1.165, 1.54) is 6.08 Å². The zero-order valence-electron chi connectivity index (χ0n) is 20.3. The number of allylic oxidation sites excluding steroid dienone is 1. The number of ether oxygens (including phenoxy) is 4. The molecular weight excluding hydrogens is 448 g/mol. The molecule has 2 unspecified atom stereocenters. The van der Waals surface area contributed by atoms with Gasteiger partial charge >= 0.3 is 5.97 Å². The molecule has 7 nitrogen and oxygen atoms in total. The van der Waals surface area contributed by atoms with E-state index in [-0.39, 0.29) is 31.8 Å². The van der Waals surface area contributed by atoms with E-state index in [9.17, 15) is 15.0 Å². The van der Waals surface area contributed by atoms with Crippen LogP contribution in [0.4, 0.5) is 0 Å². The Morgan fingerprint density at radius 2 is 1.23 bits per heavy atom. The van der Waals surface area contributed by atoms with Gasteiger partial charge in [-0.15, -0.1) is 0 Å². The summed E-state index contributed by atoms with van der Waals surface area (Å²) < 4.78 is 21.3. The average molecular weight is 483 g/mol. The van der Waals surface area contributed by atoms with E-state index in [0.29, 0.717) is 17.3 Å². The largest absolute Gasteiger partial charge is 0.491 e. The van der Waals surface area contributed by atoms with Crippen molar-refractivity contribution in [3.8, 4) is 11.5 Å². The fourth-order valence-corrected chi connectivity index (χ4v) is 3.08. The monoisotopic (exact) mass is 482 g/mol. The molecule has 0 spiro atoms. The third kappa shape index (κ3) is 8.96. The Morgan fingerprint density at radius 1 is 0.800 bits per heavy atom. The van der Waals surface area contributed by atoms with Crippen molar-refractivity contribution in [1.82, 2.24) is 0 Å². The number of benzene rings is 2. The van der Waals surface area contributed by atoms with Crippen molar-refractivity contribution < 1.29 is 34.0 Å². The maximum atomic E-state index is 11.1. The molecule has 0 aliphatic heterocycles. The van der Waals surface area contributed by atoms with Crippen LogP contribution < -0.4 is 9.47 Å². The number of hydrogen-bond donors (Lipinski definition) is 2. The molecule has 0 radical (unpaired) electrons. The van der Waals surface area contributed by atoms with Crippen LogP contribution in [-0.2, 0) is 19.7 Å². The van der Waals surface area contributed by atoms with Gasteiger partial charge in [-0.3, -0.25) is 0 Å². The van der Waals surface area contributed by atoms with Crippen LogP contribution in [0, 0.1) is 0 Å². The summed E-state index contributed by atoms with van der Waals surface area (Å²) >= 11 is 0. The van der Waals surface area contributed by atoms with Crippen molar-refractivity contribution in [1.29, 1.82) is 0 Å². The zero-order valence-corrected chi connectivity index (χ0v) is 20.3. The molecule has 0 bridgehead atoms. The Morgan fingerprint density at radius 3 is 1.63 bits per heavy atom. The molecule has 188 valence electrons. The number of hydrogen-bond acceptors (Lipinski definition) is 7. The maximum absolute atomic E-state index is 11.1. The van der Waals surface area contributed by atoms with Crippen LogP contribution in [0.15, 0.2) is 86.2 Å². The van der Waals surface area contributed by atoms with Gasteiger partial charge in [0.05, 0.1) is 0 Å². The highest BCUT2D eigenvalue weighted by molar-refractivity contribution is 5.81. The van der Waals surface area contributed by atoms with E-state index in [0.717, 1.165) is 17.2 Å². The van der Waals surface area contributed by atoms with E-state index in [4.69, 9.17) is 18.9 Å². The van der Waals surface area contributed by atoms with Gasteiger partial charge in [0.15, 0.2) is 0 Å². The Labute approximate surface area is 206 Å². The van der Waals surface area contributed by atoms with Crippen molar-refractivity contribution in [2.75, 3.05) is 26.4 Å². The van der Waals surface area contributed by atoms with Crippen LogP contribution in [-0.4, -0.2) is 54.8 Å². The first-order valence-electron chi connectivity index (χ1n) is 11.2. The molecule has 2 rings (SSSR count). The lowest BCUT2D eigenvalue weighted by Gasteiger charge is -2.26. The van der Waals surface area contributed by atoms with Gasteiger partial charge in [-0.2, -0.15) is 0 Å². The number of aliphatic hydroxyl groups excluding tert-OH is 2. The number of aliphatic hydroxyl groups is 2. The Balaban J connectivity index is 1.89. The minimum atomic E-state index is -0.934. The van der Waals surface area contributed by atoms with E-state index in [1.807, 2.05) is 48.5 Å². The molecule has 2 aromatic rings. The fourth-order valence-electron chi connectivity index (χ4n) is 3.08. The van der Waals surface area contributed by atoms with E-state index in [1.54, 1.807) is 0 Å². The number of carbonyl (C=O) groups excluding carboxylic acids is 1. The van der Waals surface area contributed by atoms with Crippen molar-refractivity contribution >= 4 is 5.97 Å². The van der Waals surface area contributed by atoms with Crippen LogP contribution in [0.1, 0.15) is 25.0 Å². The molecule has 0 saturated heterocycles. The predicted octanol–water partition coefficient (Wildman–Crippen LogP) is 3.94. The highest BCUT2D eigenvalue weighted by Gasteiger charge is 2.23. The average Bonchev–Trinajstić information content (AvgIpc) is 2.88. The first kappa shape index (κ1) is 27.7. The van der Waals surface area contributed by atoms with Crippen molar-refractivity contribution in [2.24, 2.45) is 0 Å². The summed E-state index contributed by atoms with van der Waals surface area (Å²) in [6.45, 7) is 14.7. The fraction of sp³-hybridized carbons (Fsp3) is 0.321. The molecule has 0 saturated carbocycles. The minimum absolute atomic E-state index is 0.00153. The lowest BCUT2D eigenvalue weighted by Crippen LogP contribution is -2.24. The van der Waals surface area contributed by atoms with Crippen molar-refractivity contribution in [3.05, 3.63) is 97.3 Å². The van der Waals surface area contributed by atoms with Crippen LogP contribution in [0.2, 0.25) is 0 Å². The zero-order chi connectivity index (χ0) is 25.8. The first-order chi connectivity index (χ1) is 16.6. The first-order valence-corrected chi connectivity index (χ1v) is 11.2. The molecule has 0 heterocycles. The summed E-state index contributed by atoms with van der Waals surface area (Å²) in [5.74, 6) is 1.06. The number of rotatable bonds is 15. The Hall–Kier alpha value is -3.55. The smallest absolute Gasteiger partial charge is 0.330 e. The van der Waals surface area contributed by atoms with Crippen LogP contribution >= 0.6 is 0 Å².